The van der Waals surface area contributed by atoms with Crippen LogP contribution in [0.15, 0.2) is 42.5 Å². The third-order valence-corrected chi connectivity index (χ3v) is 3.47. The van der Waals surface area contributed by atoms with E-state index in [2.05, 4.69) is 5.32 Å². The van der Waals surface area contributed by atoms with E-state index in [1.54, 1.807) is 31.4 Å². The number of amides is 1. The number of rotatable bonds is 8. The van der Waals surface area contributed by atoms with Gasteiger partial charge in [0.1, 0.15) is 23.9 Å². The summed E-state index contributed by atoms with van der Waals surface area (Å²) >= 11 is 5.88. The van der Waals surface area contributed by atoms with Crippen molar-refractivity contribution < 1.29 is 19.0 Å². The van der Waals surface area contributed by atoms with Crippen LogP contribution in [-0.2, 0) is 4.79 Å². The molecule has 0 atom stereocenters. The molecule has 0 bridgehead atoms. The first kappa shape index (κ1) is 17.9. The van der Waals surface area contributed by atoms with Crippen molar-refractivity contribution in [3.05, 3.63) is 53.1 Å². The van der Waals surface area contributed by atoms with E-state index in [1.165, 1.54) is 0 Å². The van der Waals surface area contributed by atoms with Gasteiger partial charge in [-0.1, -0.05) is 17.7 Å². The Morgan fingerprint density at radius 2 is 1.92 bits per heavy atom. The van der Waals surface area contributed by atoms with Crippen molar-refractivity contribution in [3.63, 3.8) is 0 Å². The summed E-state index contributed by atoms with van der Waals surface area (Å²) in [6, 6.07) is 12.6. The molecule has 0 unspecified atom stereocenters. The van der Waals surface area contributed by atoms with Crippen molar-refractivity contribution in [3.8, 4) is 17.2 Å². The van der Waals surface area contributed by atoms with Gasteiger partial charge in [-0.3, -0.25) is 4.79 Å². The summed E-state index contributed by atoms with van der Waals surface area (Å²) in [5.74, 6) is 1.85. The van der Waals surface area contributed by atoms with Crippen LogP contribution in [-0.4, -0.2) is 32.8 Å². The van der Waals surface area contributed by atoms with Crippen LogP contribution in [0, 0.1) is 6.92 Å². The lowest BCUT2D eigenvalue weighted by Gasteiger charge is -2.11. The molecule has 0 aromatic heterocycles. The topological polar surface area (TPSA) is 56.8 Å². The molecule has 0 aliphatic carbocycles. The average molecular weight is 350 g/mol. The molecule has 2 aromatic rings. The number of nitrogens with one attached hydrogen (secondary N) is 1. The minimum Gasteiger partial charge on any atom is -0.497 e. The number of carbonyl (C=O) groups is 1. The molecular weight excluding hydrogens is 330 g/mol. The third kappa shape index (κ3) is 5.66. The second-order valence-electron chi connectivity index (χ2n) is 5.08. The van der Waals surface area contributed by atoms with Gasteiger partial charge >= 0.3 is 0 Å². The fourth-order valence-corrected chi connectivity index (χ4v) is 2.25. The van der Waals surface area contributed by atoms with Crippen LogP contribution in [0.3, 0.4) is 0 Å². The highest BCUT2D eigenvalue weighted by Crippen LogP contribution is 2.21. The summed E-state index contributed by atoms with van der Waals surface area (Å²) in [5, 5.41) is 3.37. The molecule has 1 N–H and O–H groups in total. The number of hydrogen-bond acceptors (Lipinski definition) is 4. The van der Waals surface area contributed by atoms with Crippen molar-refractivity contribution in [2.24, 2.45) is 0 Å². The fourth-order valence-electron chi connectivity index (χ4n) is 2.02. The van der Waals surface area contributed by atoms with Crippen LogP contribution < -0.4 is 19.5 Å². The molecule has 1 amide bonds. The van der Waals surface area contributed by atoms with Gasteiger partial charge in [0.05, 0.1) is 13.7 Å². The number of halogens is 1. The Kier molecular flexibility index (Phi) is 6.75. The molecule has 5 nitrogen and oxygen atoms in total. The summed E-state index contributed by atoms with van der Waals surface area (Å²) in [5.41, 5.74) is 0.886. The van der Waals surface area contributed by atoms with Crippen LogP contribution in [0.25, 0.3) is 0 Å². The lowest BCUT2D eigenvalue weighted by Crippen LogP contribution is -2.32. The maximum absolute atomic E-state index is 11.8. The summed E-state index contributed by atoms with van der Waals surface area (Å²) in [6.45, 7) is 2.57. The quantitative estimate of drug-likeness (QED) is 0.743. The summed E-state index contributed by atoms with van der Waals surface area (Å²) < 4.78 is 16.1. The minimum atomic E-state index is -0.210. The van der Waals surface area contributed by atoms with Gasteiger partial charge < -0.3 is 19.5 Å². The molecule has 128 valence electrons. The van der Waals surface area contributed by atoms with E-state index in [-0.39, 0.29) is 12.5 Å². The Balaban J connectivity index is 1.67. The molecule has 0 saturated heterocycles. The monoisotopic (exact) mass is 349 g/mol. The first-order valence-corrected chi connectivity index (χ1v) is 7.89. The Labute approximate surface area is 146 Å². The van der Waals surface area contributed by atoms with Gasteiger partial charge in [-0.25, -0.2) is 0 Å². The molecular formula is C18H20ClNO4. The van der Waals surface area contributed by atoms with Gasteiger partial charge in [-0.05, 0) is 42.8 Å². The number of aryl methyl sites for hydroxylation is 1. The molecule has 6 heteroatoms. The second-order valence-corrected chi connectivity index (χ2v) is 5.51. The van der Waals surface area contributed by atoms with Gasteiger partial charge in [-0.2, -0.15) is 0 Å². The van der Waals surface area contributed by atoms with Crippen LogP contribution in [0.2, 0.25) is 5.02 Å². The Morgan fingerprint density at radius 1 is 1.12 bits per heavy atom. The molecule has 0 saturated carbocycles. The summed E-state index contributed by atoms with van der Waals surface area (Å²) in [7, 11) is 1.60. The van der Waals surface area contributed by atoms with Gasteiger partial charge in [-0.15, -0.1) is 0 Å². The van der Waals surface area contributed by atoms with E-state index in [0.717, 1.165) is 11.3 Å². The number of ether oxygens (including phenoxy) is 3. The van der Waals surface area contributed by atoms with Crippen molar-refractivity contribution in [2.45, 2.75) is 6.92 Å². The smallest absolute Gasteiger partial charge is 0.258 e. The van der Waals surface area contributed by atoms with Crippen molar-refractivity contribution in [1.29, 1.82) is 0 Å². The Morgan fingerprint density at radius 3 is 2.67 bits per heavy atom. The predicted octanol–water partition coefficient (Wildman–Crippen LogP) is 3.23. The number of benzene rings is 2. The largest absolute Gasteiger partial charge is 0.497 e. The predicted molar refractivity (Wildman–Crippen MR) is 93.2 cm³/mol. The first-order chi connectivity index (χ1) is 11.6. The van der Waals surface area contributed by atoms with Gasteiger partial charge in [0.2, 0.25) is 0 Å². The first-order valence-electron chi connectivity index (χ1n) is 7.51. The zero-order valence-corrected chi connectivity index (χ0v) is 14.4. The lowest BCUT2D eigenvalue weighted by molar-refractivity contribution is -0.123. The van der Waals surface area contributed by atoms with Crippen LogP contribution in [0.5, 0.6) is 17.2 Å². The van der Waals surface area contributed by atoms with E-state index in [4.69, 9.17) is 25.8 Å². The van der Waals surface area contributed by atoms with Crippen LogP contribution in [0.4, 0.5) is 0 Å². The van der Waals surface area contributed by atoms with Crippen molar-refractivity contribution >= 4 is 17.5 Å². The Hall–Kier alpha value is -2.40. The van der Waals surface area contributed by atoms with E-state index in [1.807, 2.05) is 25.1 Å². The number of carbonyl (C=O) groups excluding carboxylic acids is 1. The van der Waals surface area contributed by atoms with Crippen molar-refractivity contribution in [1.82, 2.24) is 5.32 Å². The molecule has 0 aliphatic heterocycles. The van der Waals surface area contributed by atoms with Crippen molar-refractivity contribution in [2.75, 3.05) is 26.9 Å². The van der Waals surface area contributed by atoms with Gasteiger partial charge in [0, 0.05) is 11.1 Å². The van der Waals surface area contributed by atoms with E-state index < -0.39 is 0 Å². The fraction of sp³-hybridized carbons (Fsp3) is 0.278. The van der Waals surface area contributed by atoms with E-state index >= 15 is 0 Å². The molecule has 0 radical (unpaired) electrons. The third-order valence-electron chi connectivity index (χ3n) is 3.23. The summed E-state index contributed by atoms with van der Waals surface area (Å²) in [6.07, 6.45) is 0. The lowest BCUT2D eigenvalue weighted by atomic mass is 10.2. The maximum atomic E-state index is 11.8. The highest BCUT2D eigenvalue weighted by molar-refractivity contribution is 6.30. The average Bonchev–Trinajstić information content (AvgIpc) is 2.58. The van der Waals surface area contributed by atoms with Gasteiger partial charge in [0.15, 0.2) is 6.61 Å². The standard InChI is InChI=1S/C18H20ClNO4/c1-13-10-14(19)6-7-17(13)24-12-18(21)20-8-9-23-16-5-3-4-15(11-16)22-2/h3-7,10-11H,8-9,12H2,1-2H3,(H,20,21). The zero-order chi connectivity index (χ0) is 17.4. The van der Waals surface area contributed by atoms with E-state index in [9.17, 15) is 4.79 Å². The van der Waals surface area contributed by atoms with Crippen LogP contribution in [0.1, 0.15) is 5.56 Å². The maximum Gasteiger partial charge on any atom is 0.258 e. The molecule has 0 heterocycles. The molecule has 0 aliphatic rings. The molecule has 2 aromatic carbocycles. The molecule has 0 fully saturated rings. The molecule has 2 rings (SSSR count). The summed E-state index contributed by atoms with van der Waals surface area (Å²) in [4.78, 5) is 11.8. The van der Waals surface area contributed by atoms with E-state index in [0.29, 0.717) is 29.7 Å². The Bertz CT molecular complexity index is 690. The normalized spacial score (nSPS) is 10.1. The van der Waals surface area contributed by atoms with Gasteiger partial charge in [0.25, 0.3) is 5.91 Å². The highest BCUT2D eigenvalue weighted by atomic mass is 35.5. The molecule has 0 spiro atoms. The number of hydrogen-bond donors (Lipinski definition) is 1. The second kappa shape index (κ2) is 9.03. The number of methoxy groups -OCH3 is 1. The SMILES string of the molecule is COc1cccc(OCCNC(=O)COc2ccc(Cl)cc2C)c1. The van der Waals surface area contributed by atoms with Crippen LogP contribution >= 0.6 is 11.6 Å². The minimum absolute atomic E-state index is 0.0539. The molecule has 24 heavy (non-hydrogen) atoms. The zero-order valence-electron chi connectivity index (χ0n) is 13.7. The highest BCUT2D eigenvalue weighted by Gasteiger charge is 2.05.